The Kier molecular flexibility index (Phi) is 9.71. The second kappa shape index (κ2) is 10.1. The van der Waals surface area contributed by atoms with Crippen LogP contribution >= 0.6 is 36.4 Å². The Balaban J connectivity index is 0.00000200. The van der Waals surface area contributed by atoms with Crippen LogP contribution < -0.4 is 5.32 Å². The number of aromatic nitrogens is 2. The maximum absolute atomic E-state index is 5.85. The molecule has 0 unspecified atom stereocenters. The van der Waals surface area contributed by atoms with Crippen LogP contribution in [0.25, 0.3) is 0 Å². The third-order valence-corrected chi connectivity index (χ3v) is 3.34. The molecule has 21 heavy (non-hydrogen) atoms. The number of imidazole rings is 1. The van der Waals surface area contributed by atoms with Gasteiger partial charge in [0, 0.05) is 24.3 Å². The van der Waals surface area contributed by atoms with E-state index in [0.29, 0.717) is 0 Å². The lowest BCUT2D eigenvalue weighted by Crippen LogP contribution is -2.16. The van der Waals surface area contributed by atoms with E-state index < -0.39 is 0 Å². The lowest BCUT2D eigenvalue weighted by atomic mass is 10.2. The summed E-state index contributed by atoms with van der Waals surface area (Å²) in [5.74, 6) is 1.09. The van der Waals surface area contributed by atoms with Gasteiger partial charge >= 0.3 is 0 Å². The molecule has 0 aliphatic heterocycles. The van der Waals surface area contributed by atoms with Crippen molar-refractivity contribution in [2.24, 2.45) is 0 Å². The third kappa shape index (κ3) is 6.70. The number of rotatable bonds is 6. The molecule has 0 aliphatic rings. The number of nitrogens with one attached hydrogen (secondary N) is 1. The van der Waals surface area contributed by atoms with Crippen LogP contribution in [0.3, 0.4) is 0 Å². The van der Waals surface area contributed by atoms with Crippen molar-refractivity contribution in [3.63, 3.8) is 0 Å². The van der Waals surface area contributed by atoms with E-state index in [1.807, 2.05) is 26.0 Å². The van der Waals surface area contributed by atoms with Gasteiger partial charge < -0.3 is 9.88 Å². The summed E-state index contributed by atoms with van der Waals surface area (Å²) in [5.41, 5.74) is 2.35. The van der Waals surface area contributed by atoms with Crippen molar-refractivity contribution < 1.29 is 0 Å². The van der Waals surface area contributed by atoms with Crippen LogP contribution in [0.1, 0.15) is 23.5 Å². The summed E-state index contributed by atoms with van der Waals surface area (Å²) in [4.78, 5) is 4.40. The first-order valence-electron chi connectivity index (χ1n) is 6.60. The second-order valence-electron chi connectivity index (χ2n) is 4.78. The highest BCUT2D eigenvalue weighted by atomic mass is 35.5. The van der Waals surface area contributed by atoms with Crippen LogP contribution in [-0.4, -0.2) is 16.1 Å². The van der Waals surface area contributed by atoms with Crippen molar-refractivity contribution in [2.45, 2.75) is 33.4 Å². The zero-order valence-electron chi connectivity index (χ0n) is 12.3. The summed E-state index contributed by atoms with van der Waals surface area (Å²) in [6, 6.07) is 7.96. The molecule has 0 radical (unpaired) electrons. The largest absolute Gasteiger partial charge is 0.335 e. The minimum absolute atomic E-state index is 0. The normalized spacial score (nSPS) is 9.86. The molecule has 2 aromatic rings. The van der Waals surface area contributed by atoms with Gasteiger partial charge in [-0.25, -0.2) is 4.98 Å². The number of halogens is 3. The van der Waals surface area contributed by atoms with Gasteiger partial charge in [-0.2, -0.15) is 0 Å². The van der Waals surface area contributed by atoms with Crippen molar-refractivity contribution in [1.29, 1.82) is 0 Å². The Morgan fingerprint density at radius 3 is 2.38 bits per heavy atom. The van der Waals surface area contributed by atoms with E-state index in [1.165, 1.54) is 5.56 Å². The lowest BCUT2D eigenvalue weighted by molar-refractivity contribution is 0.572. The Bertz CT molecular complexity index is 523. The highest BCUT2D eigenvalue weighted by Crippen LogP contribution is 2.09. The SMILES string of the molecule is Cc1cn(CCCNCc2ccc(Cl)cc2)c(C)n1.Cl.Cl. The summed E-state index contributed by atoms with van der Waals surface area (Å²) in [7, 11) is 0. The second-order valence-corrected chi connectivity index (χ2v) is 5.22. The molecular weight excluding hydrogens is 329 g/mol. The monoisotopic (exact) mass is 349 g/mol. The summed E-state index contributed by atoms with van der Waals surface area (Å²) in [6.07, 6.45) is 3.21. The molecule has 3 nitrogen and oxygen atoms in total. The fourth-order valence-corrected chi connectivity index (χ4v) is 2.23. The third-order valence-electron chi connectivity index (χ3n) is 3.09. The Hall–Kier alpha value is -0.740. The van der Waals surface area contributed by atoms with Crippen molar-refractivity contribution >= 4 is 36.4 Å². The maximum Gasteiger partial charge on any atom is 0.105 e. The zero-order chi connectivity index (χ0) is 13.7. The average Bonchev–Trinajstić information content (AvgIpc) is 2.70. The smallest absolute Gasteiger partial charge is 0.105 e. The fraction of sp³-hybridized carbons (Fsp3) is 0.400. The van der Waals surface area contributed by atoms with Gasteiger partial charge in [0.2, 0.25) is 0 Å². The van der Waals surface area contributed by atoms with Gasteiger partial charge in [-0.1, -0.05) is 23.7 Å². The maximum atomic E-state index is 5.85. The van der Waals surface area contributed by atoms with Crippen LogP contribution in [0.4, 0.5) is 0 Å². The molecule has 1 aromatic carbocycles. The Morgan fingerprint density at radius 1 is 1.14 bits per heavy atom. The quantitative estimate of drug-likeness (QED) is 0.792. The van der Waals surface area contributed by atoms with Crippen molar-refractivity contribution in [3.05, 3.63) is 52.6 Å². The molecule has 0 amide bonds. The molecule has 0 saturated carbocycles. The van der Waals surface area contributed by atoms with E-state index in [4.69, 9.17) is 11.6 Å². The highest BCUT2D eigenvalue weighted by Gasteiger charge is 1.99. The summed E-state index contributed by atoms with van der Waals surface area (Å²) in [6.45, 7) is 6.98. The van der Waals surface area contributed by atoms with Gasteiger partial charge in [0.25, 0.3) is 0 Å². The number of nitrogens with zero attached hydrogens (tertiary/aromatic N) is 2. The molecule has 6 heteroatoms. The minimum Gasteiger partial charge on any atom is -0.335 e. The first kappa shape index (κ1) is 20.3. The molecule has 0 aliphatic carbocycles. The summed E-state index contributed by atoms with van der Waals surface area (Å²) >= 11 is 5.85. The molecule has 1 heterocycles. The molecule has 0 saturated heterocycles. The number of benzene rings is 1. The number of aryl methyl sites for hydroxylation is 3. The van der Waals surface area contributed by atoms with Crippen LogP contribution in [0.5, 0.6) is 0 Å². The van der Waals surface area contributed by atoms with Crippen LogP contribution in [0, 0.1) is 13.8 Å². The Morgan fingerprint density at radius 2 is 1.81 bits per heavy atom. The standard InChI is InChI=1S/C15H20ClN3.2ClH/c1-12-11-19(13(2)18-12)9-3-8-17-10-14-4-6-15(16)7-5-14;;/h4-7,11,17H,3,8-10H2,1-2H3;2*1H. The fourth-order valence-electron chi connectivity index (χ4n) is 2.10. The molecule has 0 spiro atoms. The first-order chi connectivity index (χ1) is 9.15. The molecular formula is C15H22Cl3N3. The van der Waals surface area contributed by atoms with Gasteiger partial charge in [-0.15, -0.1) is 24.8 Å². The van der Waals surface area contributed by atoms with Crippen LogP contribution in [0.15, 0.2) is 30.5 Å². The number of hydrogen-bond acceptors (Lipinski definition) is 2. The van der Waals surface area contributed by atoms with Gasteiger partial charge in [-0.3, -0.25) is 0 Å². The molecule has 0 bridgehead atoms. The minimum atomic E-state index is 0. The summed E-state index contributed by atoms with van der Waals surface area (Å²) < 4.78 is 2.21. The Labute approximate surface area is 143 Å². The highest BCUT2D eigenvalue weighted by molar-refractivity contribution is 6.30. The first-order valence-corrected chi connectivity index (χ1v) is 6.98. The van der Waals surface area contributed by atoms with Crippen LogP contribution in [-0.2, 0) is 13.1 Å². The average molecular weight is 351 g/mol. The lowest BCUT2D eigenvalue weighted by Gasteiger charge is -2.07. The van der Waals surface area contributed by atoms with Gasteiger partial charge in [0.1, 0.15) is 5.82 Å². The van der Waals surface area contributed by atoms with Gasteiger partial charge in [0.15, 0.2) is 0 Å². The summed E-state index contributed by atoms with van der Waals surface area (Å²) in [5, 5.41) is 4.23. The molecule has 1 N–H and O–H groups in total. The van der Waals surface area contributed by atoms with Gasteiger partial charge in [0.05, 0.1) is 5.69 Å². The zero-order valence-corrected chi connectivity index (χ0v) is 14.7. The molecule has 118 valence electrons. The van der Waals surface area contributed by atoms with E-state index in [-0.39, 0.29) is 24.8 Å². The van der Waals surface area contributed by atoms with E-state index in [2.05, 4.69) is 33.2 Å². The number of hydrogen-bond donors (Lipinski definition) is 1. The predicted octanol–water partition coefficient (Wildman–Crippen LogP) is 4.18. The van der Waals surface area contributed by atoms with Crippen LogP contribution in [0.2, 0.25) is 5.02 Å². The van der Waals surface area contributed by atoms with E-state index in [9.17, 15) is 0 Å². The topological polar surface area (TPSA) is 29.9 Å². The molecule has 2 rings (SSSR count). The predicted molar refractivity (Wildman–Crippen MR) is 94.0 cm³/mol. The molecule has 1 aromatic heterocycles. The van der Waals surface area contributed by atoms with Crippen molar-refractivity contribution in [1.82, 2.24) is 14.9 Å². The van der Waals surface area contributed by atoms with E-state index >= 15 is 0 Å². The van der Waals surface area contributed by atoms with Crippen molar-refractivity contribution in [2.75, 3.05) is 6.54 Å². The van der Waals surface area contributed by atoms with E-state index in [0.717, 1.165) is 42.6 Å². The molecule has 0 atom stereocenters. The molecule has 0 fully saturated rings. The van der Waals surface area contributed by atoms with Gasteiger partial charge in [-0.05, 0) is 44.5 Å². The van der Waals surface area contributed by atoms with E-state index in [1.54, 1.807) is 0 Å². The van der Waals surface area contributed by atoms with Crippen molar-refractivity contribution in [3.8, 4) is 0 Å².